The number of benzene rings is 1. The van der Waals surface area contributed by atoms with Gasteiger partial charge in [0.05, 0.1) is 12.8 Å². The summed E-state index contributed by atoms with van der Waals surface area (Å²) in [6.07, 6.45) is 2.13. The molecule has 0 unspecified atom stereocenters. The lowest BCUT2D eigenvalue weighted by atomic mass is 9.94. The molecule has 1 aliphatic rings. The van der Waals surface area contributed by atoms with Gasteiger partial charge in [-0.1, -0.05) is 6.07 Å². The van der Waals surface area contributed by atoms with Gasteiger partial charge in [0, 0.05) is 37.2 Å². The molecular weight excluding hydrogens is 288 g/mol. The molecule has 0 bridgehead atoms. The monoisotopic (exact) mass is 310 g/mol. The number of hydrogen-bond donors (Lipinski definition) is 0. The molecule has 4 nitrogen and oxygen atoms in total. The van der Waals surface area contributed by atoms with Crippen molar-refractivity contribution in [2.45, 2.75) is 25.7 Å². The SMILES string of the molecule is COc1ccc(-c2cccc([C@H]3CCCN(C(C)=O)C3)n2)cc1. The fraction of sp³-hybridized carbons (Fsp3) is 0.368. The van der Waals surface area contributed by atoms with Crippen LogP contribution in [0.1, 0.15) is 31.4 Å². The molecular formula is C19H22N2O2. The standard InChI is InChI=1S/C19H22N2O2/c1-14(22)21-12-4-5-16(13-21)19-7-3-6-18(20-19)15-8-10-17(23-2)11-9-15/h3,6-11,16H,4-5,12-13H2,1-2H3/t16-/m0/s1. The second-order valence-electron chi connectivity index (χ2n) is 5.98. The molecule has 1 aromatic heterocycles. The minimum Gasteiger partial charge on any atom is -0.497 e. The van der Waals surface area contributed by atoms with Crippen LogP contribution in [0.4, 0.5) is 0 Å². The molecule has 4 heteroatoms. The molecule has 1 saturated heterocycles. The number of amides is 1. The van der Waals surface area contributed by atoms with Crippen LogP contribution in [0.3, 0.4) is 0 Å². The van der Waals surface area contributed by atoms with E-state index >= 15 is 0 Å². The third kappa shape index (κ3) is 3.52. The molecule has 0 saturated carbocycles. The van der Waals surface area contributed by atoms with Crippen molar-refractivity contribution in [2.24, 2.45) is 0 Å². The molecule has 2 heterocycles. The summed E-state index contributed by atoms with van der Waals surface area (Å²) in [7, 11) is 1.66. The number of piperidine rings is 1. The summed E-state index contributed by atoms with van der Waals surface area (Å²) >= 11 is 0. The highest BCUT2D eigenvalue weighted by Gasteiger charge is 2.23. The van der Waals surface area contributed by atoms with Gasteiger partial charge in [0.2, 0.25) is 5.91 Å². The molecule has 1 amide bonds. The lowest BCUT2D eigenvalue weighted by molar-refractivity contribution is -0.130. The number of carbonyl (C=O) groups is 1. The molecule has 0 N–H and O–H groups in total. The molecule has 23 heavy (non-hydrogen) atoms. The van der Waals surface area contributed by atoms with E-state index in [0.29, 0.717) is 5.92 Å². The van der Waals surface area contributed by atoms with E-state index in [-0.39, 0.29) is 5.91 Å². The molecule has 2 aromatic rings. The van der Waals surface area contributed by atoms with Crippen LogP contribution >= 0.6 is 0 Å². The number of nitrogens with zero attached hydrogens (tertiary/aromatic N) is 2. The van der Waals surface area contributed by atoms with Gasteiger partial charge in [0.25, 0.3) is 0 Å². The first-order valence-electron chi connectivity index (χ1n) is 8.04. The summed E-state index contributed by atoms with van der Waals surface area (Å²) in [5.41, 5.74) is 3.11. The Kier molecular flexibility index (Phi) is 4.60. The summed E-state index contributed by atoms with van der Waals surface area (Å²) < 4.78 is 5.20. The lowest BCUT2D eigenvalue weighted by Gasteiger charge is -2.31. The Labute approximate surface area is 137 Å². The lowest BCUT2D eigenvalue weighted by Crippen LogP contribution is -2.37. The van der Waals surface area contributed by atoms with Gasteiger partial charge in [-0.3, -0.25) is 9.78 Å². The number of pyridine rings is 1. The van der Waals surface area contributed by atoms with E-state index < -0.39 is 0 Å². The molecule has 0 aliphatic carbocycles. The van der Waals surface area contributed by atoms with Crippen molar-refractivity contribution >= 4 is 5.91 Å². The third-order valence-corrected chi connectivity index (χ3v) is 4.44. The molecule has 1 atom stereocenters. The molecule has 1 fully saturated rings. The van der Waals surface area contributed by atoms with Crippen LogP contribution in [0.15, 0.2) is 42.5 Å². The van der Waals surface area contributed by atoms with Crippen LogP contribution in [0.5, 0.6) is 5.75 Å². The number of hydrogen-bond acceptors (Lipinski definition) is 3. The van der Waals surface area contributed by atoms with Crippen LogP contribution in [0.25, 0.3) is 11.3 Å². The summed E-state index contributed by atoms with van der Waals surface area (Å²) in [5.74, 6) is 1.32. The maximum atomic E-state index is 11.6. The van der Waals surface area contributed by atoms with Crippen LogP contribution < -0.4 is 4.74 Å². The highest BCUT2D eigenvalue weighted by Crippen LogP contribution is 2.28. The largest absolute Gasteiger partial charge is 0.497 e. The summed E-state index contributed by atoms with van der Waals surface area (Å²) in [6, 6.07) is 14.1. The van der Waals surface area contributed by atoms with Crippen LogP contribution in [-0.4, -0.2) is 36.0 Å². The number of aromatic nitrogens is 1. The average molecular weight is 310 g/mol. The van der Waals surface area contributed by atoms with Crippen molar-refractivity contribution in [3.63, 3.8) is 0 Å². The number of ether oxygens (including phenoxy) is 1. The van der Waals surface area contributed by atoms with Gasteiger partial charge >= 0.3 is 0 Å². The van der Waals surface area contributed by atoms with Crippen molar-refractivity contribution in [3.8, 4) is 17.0 Å². The van der Waals surface area contributed by atoms with Gasteiger partial charge < -0.3 is 9.64 Å². The van der Waals surface area contributed by atoms with E-state index in [1.165, 1.54) is 0 Å². The van der Waals surface area contributed by atoms with Gasteiger partial charge in [-0.25, -0.2) is 0 Å². The normalized spacial score (nSPS) is 17.8. The van der Waals surface area contributed by atoms with Crippen LogP contribution in [0, 0.1) is 0 Å². The van der Waals surface area contributed by atoms with E-state index in [1.807, 2.05) is 35.2 Å². The Bertz CT molecular complexity index is 682. The number of carbonyl (C=O) groups excluding carboxylic acids is 1. The molecule has 3 rings (SSSR count). The van der Waals surface area contributed by atoms with E-state index in [1.54, 1.807) is 14.0 Å². The smallest absolute Gasteiger partial charge is 0.219 e. The number of rotatable bonds is 3. The summed E-state index contributed by atoms with van der Waals surface area (Å²) in [6.45, 7) is 3.28. The molecule has 120 valence electrons. The van der Waals surface area contributed by atoms with E-state index in [2.05, 4.69) is 12.1 Å². The maximum Gasteiger partial charge on any atom is 0.219 e. The predicted octanol–water partition coefficient (Wildman–Crippen LogP) is 3.48. The van der Waals surface area contributed by atoms with Gasteiger partial charge in [0.15, 0.2) is 0 Å². The van der Waals surface area contributed by atoms with Gasteiger partial charge in [-0.15, -0.1) is 0 Å². The highest BCUT2D eigenvalue weighted by molar-refractivity contribution is 5.73. The fourth-order valence-corrected chi connectivity index (χ4v) is 3.11. The Hall–Kier alpha value is -2.36. The second kappa shape index (κ2) is 6.82. The maximum absolute atomic E-state index is 11.6. The van der Waals surface area contributed by atoms with Crippen molar-refractivity contribution < 1.29 is 9.53 Å². The minimum atomic E-state index is 0.154. The van der Waals surface area contributed by atoms with E-state index in [9.17, 15) is 4.79 Å². The Balaban J connectivity index is 1.82. The first-order valence-corrected chi connectivity index (χ1v) is 8.04. The first-order chi connectivity index (χ1) is 11.2. The van der Waals surface area contributed by atoms with Crippen molar-refractivity contribution in [1.82, 2.24) is 9.88 Å². The van der Waals surface area contributed by atoms with Gasteiger partial charge in [0.1, 0.15) is 5.75 Å². The second-order valence-corrected chi connectivity index (χ2v) is 5.98. The number of likely N-dealkylation sites (tertiary alicyclic amines) is 1. The minimum absolute atomic E-state index is 0.154. The molecule has 0 radical (unpaired) electrons. The van der Waals surface area contributed by atoms with E-state index in [4.69, 9.17) is 9.72 Å². The van der Waals surface area contributed by atoms with Crippen LogP contribution in [0.2, 0.25) is 0 Å². The first kappa shape index (κ1) is 15.5. The Morgan fingerprint density at radius 3 is 2.70 bits per heavy atom. The van der Waals surface area contributed by atoms with Gasteiger partial charge in [-0.05, 0) is 49.2 Å². The molecule has 0 spiro atoms. The topological polar surface area (TPSA) is 42.4 Å². The average Bonchev–Trinajstić information content (AvgIpc) is 2.62. The molecule has 1 aromatic carbocycles. The quantitative estimate of drug-likeness (QED) is 0.871. The van der Waals surface area contributed by atoms with Crippen molar-refractivity contribution in [1.29, 1.82) is 0 Å². The van der Waals surface area contributed by atoms with Crippen molar-refractivity contribution in [2.75, 3.05) is 20.2 Å². The summed E-state index contributed by atoms with van der Waals surface area (Å²) in [5, 5.41) is 0. The van der Waals surface area contributed by atoms with Crippen LogP contribution in [-0.2, 0) is 4.79 Å². The molecule has 1 aliphatic heterocycles. The third-order valence-electron chi connectivity index (χ3n) is 4.44. The van der Waals surface area contributed by atoms with E-state index in [0.717, 1.165) is 48.6 Å². The van der Waals surface area contributed by atoms with Crippen molar-refractivity contribution in [3.05, 3.63) is 48.2 Å². The highest BCUT2D eigenvalue weighted by atomic mass is 16.5. The Morgan fingerprint density at radius 2 is 2.00 bits per heavy atom. The predicted molar refractivity (Wildman–Crippen MR) is 90.5 cm³/mol. The fourth-order valence-electron chi connectivity index (χ4n) is 3.11. The zero-order chi connectivity index (χ0) is 16.2. The van der Waals surface area contributed by atoms with Gasteiger partial charge in [-0.2, -0.15) is 0 Å². The zero-order valence-corrected chi connectivity index (χ0v) is 13.7. The number of methoxy groups -OCH3 is 1. The Morgan fingerprint density at radius 1 is 1.22 bits per heavy atom. The zero-order valence-electron chi connectivity index (χ0n) is 13.7. The summed E-state index contributed by atoms with van der Waals surface area (Å²) in [4.78, 5) is 18.4.